The maximum Gasteiger partial charge on any atom is 0.179 e. The molecule has 1 unspecified atom stereocenters. The molecule has 0 aromatic heterocycles. The Bertz CT molecular complexity index is 588. The lowest BCUT2D eigenvalue weighted by atomic mass is 10.2. The van der Waals surface area contributed by atoms with Gasteiger partial charge < -0.3 is 14.8 Å². The van der Waals surface area contributed by atoms with Gasteiger partial charge in [-0.25, -0.2) is 8.42 Å². The van der Waals surface area contributed by atoms with Gasteiger partial charge in [-0.15, -0.1) is 0 Å². The number of hydrogen-bond donors (Lipinski definition) is 1. The third kappa shape index (κ3) is 4.26. The quantitative estimate of drug-likeness (QED) is 0.893. The third-order valence-corrected chi connectivity index (χ3v) is 4.25. The van der Waals surface area contributed by atoms with E-state index in [-0.39, 0.29) is 11.8 Å². The van der Waals surface area contributed by atoms with Crippen molar-refractivity contribution in [1.82, 2.24) is 5.32 Å². The lowest BCUT2D eigenvalue weighted by Crippen LogP contribution is -2.32. The number of hydrogen-bond acceptors (Lipinski definition) is 5. The zero-order valence-electron chi connectivity index (χ0n) is 11.5. The number of halogens is 1. The van der Waals surface area contributed by atoms with Gasteiger partial charge in [-0.2, -0.15) is 0 Å². The standard InChI is InChI=1S/C13H18ClNO4S/c1-9(8-20(2,16)17)15-7-10-5-11(14)13-12(6-10)18-3-4-19-13/h5-6,9,15H,3-4,7-8H2,1-2H3. The van der Waals surface area contributed by atoms with E-state index in [2.05, 4.69) is 5.32 Å². The van der Waals surface area contributed by atoms with Crippen LogP contribution in [0.2, 0.25) is 5.02 Å². The summed E-state index contributed by atoms with van der Waals surface area (Å²) < 4.78 is 33.3. The lowest BCUT2D eigenvalue weighted by molar-refractivity contribution is 0.171. The van der Waals surface area contributed by atoms with Crippen molar-refractivity contribution in [3.8, 4) is 11.5 Å². The largest absolute Gasteiger partial charge is 0.486 e. The first kappa shape index (κ1) is 15.4. The molecule has 0 saturated carbocycles. The number of benzene rings is 1. The Morgan fingerprint density at radius 3 is 2.75 bits per heavy atom. The molecule has 0 aliphatic carbocycles. The van der Waals surface area contributed by atoms with E-state index in [9.17, 15) is 8.42 Å². The van der Waals surface area contributed by atoms with Crippen molar-refractivity contribution in [2.24, 2.45) is 0 Å². The highest BCUT2D eigenvalue weighted by Crippen LogP contribution is 2.38. The van der Waals surface area contributed by atoms with Crippen LogP contribution in [0.15, 0.2) is 12.1 Å². The summed E-state index contributed by atoms with van der Waals surface area (Å²) in [7, 11) is -2.98. The molecule has 5 nitrogen and oxygen atoms in total. The predicted molar refractivity (Wildman–Crippen MR) is 78.5 cm³/mol. The predicted octanol–water partition coefficient (Wildman–Crippen LogP) is 1.63. The number of fused-ring (bicyclic) bond motifs is 1. The van der Waals surface area contributed by atoms with Gasteiger partial charge in [0.25, 0.3) is 0 Å². The first-order valence-corrected chi connectivity index (χ1v) is 8.78. The van der Waals surface area contributed by atoms with Crippen LogP contribution in [0.4, 0.5) is 0 Å². The lowest BCUT2D eigenvalue weighted by Gasteiger charge is -2.21. The van der Waals surface area contributed by atoms with Gasteiger partial charge >= 0.3 is 0 Å². The molecular formula is C13H18ClNO4S. The Balaban J connectivity index is 2.02. The molecule has 20 heavy (non-hydrogen) atoms. The van der Waals surface area contributed by atoms with Gasteiger partial charge in [-0.1, -0.05) is 11.6 Å². The van der Waals surface area contributed by atoms with Crippen LogP contribution in [-0.2, 0) is 16.4 Å². The number of rotatable bonds is 5. The second-order valence-corrected chi connectivity index (χ2v) is 7.57. The molecular weight excluding hydrogens is 302 g/mol. The van der Waals surface area contributed by atoms with Crippen LogP contribution in [-0.4, -0.2) is 39.7 Å². The van der Waals surface area contributed by atoms with Crippen molar-refractivity contribution in [2.75, 3.05) is 25.2 Å². The van der Waals surface area contributed by atoms with E-state index in [0.717, 1.165) is 5.56 Å². The van der Waals surface area contributed by atoms with E-state index in [4.69, 9.17) is 21.1 Å². The minimum Gasteiger partial charge on any atom is -0.486 e. The molecule has 1 aliphatic heterocycles. The van der Waals surface area contributed by atoms with Gasteiger partial charge in [0.15, 0.2) is 11.5 Å². The third-order valence-electron chi connectivity index (χ3n) is 2.86. The molecule has 1 N–H and O–H groups in total. The van der Waals surface area contributed by atoms with Crippen molar-refractivity contribution >= 4 is 21.4 Å². The Morgan fingerprint density at radius 2 is 2.05 bits per heavy atom. The minimum absolute atomic E-state index is 0.102. The Morgan fingerprint density at radius 1 is 1.35 bits per heavy atom. The van der Waals surface area contributed by atoms with E-state index < -0.39 is 9.84 Å². The Kier molecular flexibility index (Phi) is 4.78. The summed E-state index contributed by atoms with van der Waals surface area (Å²) in [5.74, 6) is 1.31. The Hall–Kier alpha value is -0.980. The van der Waals surface area contributed by atoms with Gasteiger partial charge in [-0.05, 0) is 24.6 Å². The SMILES string of the molecule is CC(CS(C)(=O)=O)NCc1cc(Cl)c2c(c1)OCCO2. The molecule has 1 heterocycles. The van der Waals surface area contributed by atoms with Gasteiger partial charge in [0, 0.05) is 18.8 Å². The fraction of sp³-hybridized carbons (Fsp3) is 0.538. The molecule has 0 spiro atoms. The van der Waals surface area contributed by atoms with E-state index in [1.807, 2.05) is 13.0 Å². The average Bonchev–Trinajstić information content (AvgIpc) is 2.34. The van der Waals surface area contributed by atoms with Crippen LogP contribution in [0.3, 0.4) is 0 Å². The topological polar surface area (TPSA) is 64.6 Å². The maximum atomic E-state index is 11.2. The summed E-state index contributed by atoms with van der Waals surface area (Å²) in [6.07, 6.45) is 1.23. The summed E-state index contributed by atoms with van der Waals surface area (Å²) in [5, 5.41) is 3.66. The van der Waals surface area contributed by atoms with Gasteiger partial charge in [0.05, 0.1) is 10.8 Å². The summed E-state index contributed by atoms with van der Waals surface area (Å²) in [6.45, 7) is 3.36. The molecule has 0 saturated heterocycles. The highest BCUT2D eigenvalue weighted by atomic mass is 35.5. The molecule has 0 amide bonds. The van der Waals surface area contributed by atoms with Crippen molar-refractivity contribution < 1.29 is 17.9 Å². The maximum absolute atomic E-state index is 11.2. The van der Waals surface area contributed by atoms with Crippen molar-refractivity contribution in [3.63, 3.8) is 0 Å². The van der Waals surface area contributed by atoms with Crippen molar-refractivity contribution in [2.45, 2.75) is 19.5 Å². The van der Waals surface area contributed by atoms with Gasteiger partial charge in [-0.3, -0.25) is 0 Å². The molecule has 2 rings (SSSR count). The number of ether oxygens (including phenoxy) is 2. The second-order valence-electron chi connectivity index (χ2n) is 4.98. The van der Waals surface area contributed by atoms with Gasteiger partial charge in [0.2, 0.25) is 0 Å². The molecule has 1 atom stereocenters. The van der Waals surface area contributed by atoms with E-state index in [1.165, 1.54) is 6.26 Å². The first-order chi connectivity index (χ1) is 9.35. The molecule has 0 bridgehead atoms. The molecule has 112 valence electrons. The molecule has 1 aromatic carbocycles. The highest BCUT2D eigenvalue weighted by molar-refractivity contribution is 7.90. The summed E-state index contributed by atoms with van der Waals surface area (Å²) in [6, 6.07) is 3.53. The van der Waals surface area contributed by atoms with Crippen LogP contribution in [0.5, 0.6) is 11.5 Å². The highest BCUT2D eigenvalue weighted by Gasteiger charge is 2.17. The fourth-order valence-corrected chi connectivity index (χ4v) is 3.39. The van der Waals surface area contributed by atoms with E-state index in [0.29, 0.717) is 36.3 Å². The molecule has 0 radical (unpaired) electrons. The van der Waals surface area contributed by atoms with Crippen LogP contribution in [0.25, 0.3) is 0 Å². The van der Waals surface area contributed by atoms with Gasteiger partial charge in [0.1, 0.15) is 23.1 Å². The normalized spacial score (nSPS) is 15.9. The summed E-state index contributed by atoms with van der Waals surface area (Å²) in [5.41, 5.74) is 0.930. The number of sulfone groups is 1. The zero-order chi connectivity index (χ0) is 14.8. The van der Waals surface area contributed by atoms with E-state index in [1.54, 1.807) is 6.07 Å². The molecule has 0 fully saturated rings. The average molecular weight is 320 g/mol. The van der Waals surface area contributed by atoms with Crippen LogP contribution in [0.1, 0.15) is 12.5 Å². The van der Waals surface area contributed by atoms with Crippen LogP contribution >= 0.6 is 11.6 Å². The summed E-state index contributed by atoms with van der Waals surface area (Å²) >= 11 is 6.14. The van der Waals surface area contributed by atoms with Crippen LogP contribution < -0.4 is 14.8 Å². The van der Waals surface area contributed by atoms with E-state index >= 15 is 0 Å². The smallest absolute Gasteiger partial charge is 0.179 e. The Labute approximate surface area is 124 Å². The number of nitrogens with one attached hydrogen (secondary N) is 1. The molecule has 1 aliphatic rings. The monoisotopic (exact) mass is 319 g/mol. The fourth-order valence-electron chi connectivity index (χ4n) is 2.07. The second kappa shape index (κ2) is 6.20. The summed E-state index contributed by atoms with van der Waals surface area (Å²) in [4.78, 5) is 0. The minimum atomic E-state index is -2.98. The van der Waals surface area contributed by atoms with Crippen LogP contribution in [0, 0.1) is 0 Å². The molecule has 1 aromatic rings. The van der Waals surface area contributed by atoms with Crippen molar-refractivity contribution in [1.29, 1.82) is 0 Å². The first-order valence-electron chi connectivity index (χ1n) is 6.34. The van der Waals surface area contributed by atoms with Crippen molar-refractivity contribution in [3.05, 3.63) is 22.7 Å². The molecule has 7 heteroatoms. The zero-order valence-corrected chi connectivity index (χ0v) is 13.1.